The lowest BCUT2D eigenvalue weighted by molar-refractivity contribution is -0.121. The smallest absolute Gasteiger partial charge is 0.235 e. The predicted molar refractivity (Wildman–Crippen MR) is 113 cm³/mol. The van der Waals surface area contributed by atoms with Crippen molar-refractivity contribution in [1.82, 2.24) is 0 Å². The number of carbonyl (C=O) groups is 1. The third-order valence-corrected chi connectivity index (χ3v) is 5.81. The van der Waals surface area contributed by atoms with E-state index in [0.29, 0.717) is 17.0 Å². The van der Waals surface area contributed by atoms with Crippen molar-refractivity contribution in [2.24, 2.45) is 0 Å². The van der Waals surface area contributed by atoms with E-state index in [1.165, 1.54) is 0 Å². The lowest BCUT2D eigenvalue weighted by Crippen LogP contribution is -2.38. The Morgan fingerprint density at radius 2 is 1.83 bits per heavy atom. The summed E-state index contributed by atoms with van der Waals surface area (Å²) in [5.74, 6) is 1.35. The molecule has 5 nitrogen and oxygen atoms in total. The Bertz CT molecular complexity index is 893. The first kappa shape index (κ1) is 20.7. The first-order chi connectivity index (χ1) is 14.0. The van der Waals surface area contributed by atoms with Gasteiger partial charge in [0, 0.05) is 6.07 Å². The maximum absolute atomic E-state index is 13.4. The number of rotatable bonds is 7. The maximum Gasteiger partial charge on any atom is 0.235 e. The van der Waals surface area contributed by atoms with Crippen molar-refractivity contribution in [3.63, 3.8) is 0 Å². The molecule has 1 fully saturated rings. The van der Waals surface area contributed by atoms with Gasteiger partial charge in [-0.15, -0.1) is 0 Å². The van der Waals surface area contributed by atoms with Crippen LogP contribution in [0.1, 0.15) is 57.1 Å². The second-order valence-corrected chi connectivity index (χ2v) is 7.63. The zero-order chi connectivity index (χ0) is 20.9. The van der Waals surface area contributed by atoms with Crippen LogP contribution in [0, 0.1) is 11.3 Å². The molecule has 0 aromatic heterocycles. The molecule has 1 atom stereocenters. The summed E-state index contributed by atoms with van der Waals surface area (Å²) in [5.41, 5.74) is 1.34. The molecule has 152 valence electrons. The van der Waals surface area contributed by atoms with Crippen molar-refractivity contribution in [1.29, 1.82) is 5.26 Å². The van der Waals surface area contributed by atoms with Crippen LogP contribution in [0.5, 0.6) is 11.5 Å². The van der Waals surface area contributed by atoms with Crippen LogP contribution in [0.2, 0.25) is 0 Å². The number of amides is 1. The van der Waals surface area contributed by atoms with Crippen molar-refractivity contribution >= 4 is 11.6 Å². The van der Waals surface area contributed by atoms with E-state index in [1.807, 2.05) is 38.1 Å². The molecule has 3 rings (SSSR count). The molecule has 1 aliphatic rings. The van der Waals surface area contributed by atoms with Crippen LogP contribution in [0.4, 0.5) is 5.69 Å². The molecule has 2 aromatic carbocycles. The number of hydrogen-bond donors (Lipinski definition) is 1. The molecule has 1 saturated carbocycles. The van der Waals surface area contributed by atoms with E-state index in [-0.39, 0.29) is 12.0 Å². The molecule has 0 aliphatic heterocycles. The van der Waals surface area contributed by atoms with Crippen LogP contribution < -0.4 is 14.8 Å². The Kier molecular flexibility index (Phi) is 6.43. The fraction of sp³-hybridized carbons (Fsp3) is 0.417. The van der Waals surface area contributed by atoms with Crippen LogP contribution in [0.25, 0.3) is 0 Å². The number of nitrogens with one attached hydrogen (secondary N) is 1. The summed E-state index contributed by atoms with van der Waals surface area (Å²) in [6, 6.07) is 15.2. The zero-order valence-electron chi connectivity index (χ0n) is 17.3. The fourth-order valence-electron chi connectivity index (χ4n) is 3.89. The van der Waals surface area contributed by atoms with Gasteiger partial charge in [0.15, 0.2) is 0 Å². The van der Waals surface area contributed by atoms with E-state index in [9.17, 15) is 10.1 Å². The molecule has 0 bridgehead atoms. The van der Waals surface area contributed by atoms with E-state index in [0.717, 1.165) is 43.4 Å². The zero-order valence-corrected chi connectivity index (χ0v) is 17.3. The Labute approximate surface area is 172 Å². The van der Waals surface area contributed by atoms with Gasteiger partial charge in [-0.1, -0.05) is 31.9 Å². The summed E-state index contributed by atoms with van der Waals surface area (Å²) >= 11 is 0. The normalized spacial score (nSPS) is 15.9. The minimum Gasteiger partial charge on any atom is -0.497 e. The minimum atomic E-state index is -0.578. The number of nitriles is 1. The molecule has 0 heterocycles. The Balaban J connectivity index is 1.86. The Morgan fingerprint density at radius 1 is 1.17 bits per heavy atom. The van der Waals surface area contributed by atoms with Gasteiger partial charge in [0.25, 0.3) is 0 Å². The lowest BCUT2D eigenvalue weighted by atomic mass is 9.78. The van der Waals surface area contributed by atoms with Crippen molar-refractivity contribution in [2.45, 2.75) is 57.5 Å². The average molecular weight is 392 g/mol. The number of anilines is 1. The summed E-state index contributed by atoms with van der Waals surface area (Å²) in [6.07, 6.45) is 4.55. The largest absolute Gasteiger partial charge is 0.497 e. The molecule has 1 amide bonds. The molecule has 29 heavy (non-hydrogen) atoms. The van der Waals surface area contributed by atoms with Gasteiger partial charge in [-0.05, 0) is 56.0 Å². The van der Waals surface area contributed by atoms with E-state index < -0.39 is 5.41 Å². The van der Waals surface area contributed by atoms with Gasteiger partial charge in [0.2, 0.25) is 5.91 Å². The van der Waals surface area contributed by atoms with E-state index in [2.05, 4.69) is 11.4 Å². The summed E-state index contributed by atoms with van der Waals surface area (Å²) in [4.78, 5) is 13.4. The molecule has 0 saturated heterocycles. The second-order valence-electron chi connectivity index (χ2n) is 7.63. The van der Waals surface area contributed by atoms with E-state index in [4.69, 9.17) is 9.47 Å². The number of carbonyl (C=O) groups excluding carboxylic acids is 1. The third-order valence-electron chi connectivity index (χ3n) is 5.81. The van der Waals surface area contributed by atoms with Gasteiger partial charge in [-0.2, -0.15) is 5.26 Å². The predicted octanol–water partition coefficient (Wildman–Crippen LogP) is 5.19. The molecular formula is C24H28N2O3. The van der Waals surface area contributed by atoms with Crippen molar-refractivity contribution in [3.8, 4) is 17.6 Å². The van der Waals surface area contributed by atoms with Crippen molar-refractivity contribution < 1.29 is 14.3 Å². The van der Waals surface area contributed by atoms with Gasteiger partial charge in [-0.3, -0.25) is 4.79 Å². The van der Waals surface area contributed by atoms with Crippen LogP contribution in [0.15, 0.2) is 42.5 Å². The van der Waals surface area contributed by atoms with Crippen molar-refractivity contribution in [2.75, 3.05) is 12.4 Å². The van der Waals surface area contributed by atoms with Crippen molar-refractivity contribution in [3.05, 3.63) is 53.6 Å². The molecule has 0 spiro atoms. The Hall–Kier alpha value is -3.00. The minimum absolute atomic E-state index is 0.0627. The molecule has 1 N–H and O–H groups in total. The molecule has 5 heteroatoms. The highest BCUT2D eigenvalue weighted by molar-refractivity contribution is 6.00. The SMILES string of the molecule is CCC(C)Oc1ccc(NC(=O)C2(c3ccc(OC)cc3)CCCC2)c(C#N)c1. The summed E-state index contributed by atoms with van der Waals surface area (Å²) < 4.78 is 11.1. The molecular weight excluding hydrogens is 364 g/mol. The first-order valence-electron chi connectivity index (χ1n) is 10.2. The quantitative estimate of drug-likeness (QED) is 0.703. The summed E-state index contributed by atoms with van der Waals surface area (Å²) in [7, 11) is 1.63. The van der Waals surface area contributed by atoms with Gasteiger partial charge in [0.05, 0.1) is 29.9 Å². The topological polar surface area (TPSA) is 71.3 Å². The highest BCUT2D eigenvalue weighted by Crippen LogP contribution is 2.42. The third kappa shape index (κ3) is 4.37. The van der Waals surface area contributed by atoms with Gasteiger partial charge in [-0.25, -0.2) is 0 Å². The fourth-order valence-corrected chi connectivity index (χ4v) is 3.89. The standard InChI is InChI=1S/C24H28N2O3/c1-4-17(2)29-21-11-12-22(18(15-21)16-25)26-23(27)24(13-5-6-14-24)19-7-9-20(28-3)10-8-19/h7-12,15,17H,4-6,13-14H2,1-3H3,(H,26,27). The second kappa shape index (κ2) is 9.00. The van der Waals surface area contributed by atoms with Crippen LogP contribution in [-0.2, 0) is 10.2 Å². The number of hydrogen-bond acceptors (Lipinski definition) is 4. The van der Waals surface area contributed by atoms with E-state index >= 15 is 0 Å². The number of methoxy groups -OCH3 is 1. The van der Waals surface area contributed by atoms with Crippen LogP contribution in [-0.4, -0.2) is 19.1 Å². The van der Waals surface area contributed by atoms with Gasteiger partial charge < -0.3 is 14.8 Å². The summed E-state index contributed by atoms with van der Waals surface area (Å²) in [5, 5.41) is 12.6. The first-order valence-corrected chi connectivity index (χ1v) is 10.2. The number of nitrogens with zero attached hydrogens (tertiary/aromatic N) is 1. The van der Waals surface area contributed by atoms with E-state index in [1.54, 1.807) is 25.3 Å². The van der Waals surface area contributed by atoms with Gasteiger partial charge >= 0.3 is 0 Å². The average Bonchev–Trinajstić information content (AvgIpc) is 3.26. The molecule has 1 aliphatic carbocycles. The molecule has 1 unspecified atom stereocenters. The van der Waals surface area contributed by atoms with Crippen LogP contribution >= 0.6 is 0 Å². The van der Waals surface area contributed by atoms with Gasteiger partial charge in [0.1, 0.15) is 17.6 Å². The molecule has 0 radical (unpaired) electrons. The van der Waals surface area contributed by atoms with Crippen LogP contribution in [0.3, 0.4) is 0 Å². The summed E-state index contributed by atoms with van der Waals surface area (Å²) in [6.45, 7) is 4.03. The number of benzene rings is 2. The lowest BCUT2D eigenvalue weighted by Gasteiger charge is -2.28. The monoisotopic (exact) mass is 392 g/mol. The highest BCUT2D eigenvalue weighted by Gasteiger charge is 2.42. The highest BCUT2D eigenvalue weighted by atomic mass is 16.5. The Morgan fingerprint density at radius 3 is 2.41 bits per heavy atom. The molecule has 2 aromatic rings. The number of ether oxygens (including phenoxy) is 2. The maximum atomic E-state index is 13.4.